The third kappa shape index (κ3) is 6.14. The number of carbonyl (C=O) groups is 2. The van der Waals surface area contributed by atoms with Gasteiger partial charge in [0.25, 0.3) is 5.56 Å². The molecule has 1 atom stereocenters. The van der Waals surface area contributed by atoms with E-state index in [0.29, 0.717) is 34.3 Å². The number of nitrogens with zero attached hydrogens (tertiary/aromatic N) is 1. The number of sulfone groups is 1. The first-order valence-electron chi connectivity index (χ1n) is 13.1. The molecular weight excluding hydrogens is 544 g/mol. The van der Waals surface area contributed by atoms with Gasteiger partial charge in [-0.3, -0.25) is 14.9 Å². The normalized spacial score (nSPS) is 16.3. The van der Waals surface area contributed by atoms with E-state index in [4.69, 9.17) is 4.74 Å². The first-order valence-corrected chi connectivity index (χ1v) is 15.0. The predicted octanol–water partition coefficient (Wildman–Crippen LogP) is 4.40. The molecule has 212 valence electrons. The van der Waals surface area contributed by atoms with Gasteiger partial charge in [0.05, 0.1) is 28.7 Å². The largest absolute Gasteiger partial charge is 0.449 e. The van der Waals surface area contributed by atoms with Crippen LogP contribution in [0.2, 0.25) is 0 Å². The second-order valence-electron chi connectivity index (χ2n) is 10.2. The second kappa shape index (κ2) is 11.2. The van der Waals surface area contributed by atoms with Crippen molar-refractivity contribution in [2.45, 2.75) is 44.0 Å². The Bertz CT molecular complexity index is 1820. The fourth-order valence-electron chi connectivity index (χ4n) is 5.28. The fourth-order valence-corrected chi connectivity index (χ4v) is 6.23. The van der Waals surface area contributed by atoms with E-state index >= 15 is 0 Å². The Kier molecular flexibility index (Phi) is 7.63. The van der Waals surface area contributed by atoms with Gasteiger partial charge in [-0.15, -0.1) is 0 Å². The summed E-state index contributed by atoms with van der Waals surface area (Å²) >= 11 is 0. The maximum absolute atomic E-state index is 13.9. The Morgan fingerprint density at radius 2 is 1.71 bits per heavy atom. The van der Waals surface area contributed by atoms with Crippen molar-refractivity contribution in [1.82, 2.24) is 9.97 Å². The molecule has 11 heteroatoms. The number of benzene rings is 3. The number of amides is 1. The first-order chi connectivity index (χ1) is 19.5. The molecule has 1 amide bonds. The van der Waals surface area contributed by atoms with Gasteiger partial charge in [0.15, 0.2) is 15.6 Å². The molecule has 41 heavy (non-hydrogen) atoms. The lowest BCUT2D eigenvalue weighted by atomic mass is 9.91. The van der Waals surface area contributed by atoms with Crippen LogP contribution in [0.25, 0.3) is 10.9 Å². The van der Waals surface area contributed by atoms with Crippen LogP contribution in [-0.2, 0) is 32.2 Å². The molecule has 3 heterocycles. The van der Waals surface area contributed by atoms with E-state index in [0.717, 1.165) is 28.5 Å². The molecular formula is C30H30N4O6S. The van der Waals surface area contributed by atoms with Crippen LogP contribution < -0.4 is 16.2 Å². The summed E-state index contributed by atoms with van der Waals surface area (Å²) in [6.45, 7) is 4.03. The molecule has 1 aromatic heterocycles. The summed E-state index contributed by atoms with van der Waals surface area (Å²) < 4.78 is 30.4. The zero-order valence-corrected chi connectivity index (χ0v) is 23.7. The van der Waals surface area contributed by atoms with Crippen LogP contribution >= 0.6 is 0 Å². The SMILES string of the molecule is Cc1cc2cc(C)c1CCOC(=O)Nc1ccc(S(C)(=O)=O)c(c1)CCC(=O)C2Nc1ccc2nc[nH]c(=O)c2c1. The van der Waals surface area contributed by atoms with Gasteiger partial charge < -0.3 is 15.0 Å². The summed E-state index contributed by atoms with van der Waals surface area (Å²) in [6.07, 6.45) is 2.43. The number of fused-ring (bicyclic) bond motifs is 10. The third-order valence-electron chi connectivity index (χ3n) is 7.26. The highest BCUT2D eigenvalue weighted by Crippen LogP contribution is 2.29. The smallest absolute Gasteiger partial charge is 0.411 e. The number of aryl methyl sites for hydroxylation is 3. The van der Waals surface area contributed by atoms with Gasteiger partial charge in [-0.2, -0.15) is 0 Å². The molecule has 0 saturated carbocycles. The average Bonchev–Trinajstić information content (AvgIpc) is 2.91. The molecule has 10 nitrogen and oxygen atoms in total. The van der Waals surface area contributed by atoms with Crippen LogP contribution in [0.15, 0.2) is 64.5 Å². The summed E-state index contributed by atoms with van der Waals surface area (Å²) in [4.78, 5) is 45.5. The minimum absolute atomic E-state index is 0.0175. The Hall–Kier alpha value is -4.51. The Morgan fingerprint density at radius 3 is 2.44 bits per heavy atom. The lowest BCUT2D eigenvalue weighted by Gasteiger charge is -2.23. The molecule has 0 saturated heterocycles. The van der Waals surface area contributed by atoms with Gasteiger partial charge in [0, 0.05) is 30.5 Å². The highest BCUT2D eigenvalue weighted by molar-refractivity contribution is 7.90. The molecule has 2 aliphatic heterocycles. The van der Waals surface area contributed by atoms with E-state index in [9.17, 15) is 22.8 Å². The summed E-state index contributed by atoms with van der Waals surface area (Å²) in [5, 5.41) is 6.35. The number of nitrogens with one attached hydrogen (secondary N) is 3. The van der Waals surface area contributed by atoms with Crippen LogP contribution in [0.5, 0.6) is 0 Å². The molecule has 0 radical (unpaired) electrons. The van der Waals surface area contributed by atoms with E-state index in [-0.39, 0.29) is 35.7 Å². The zero-order valence-electron chi connectivity index (χ0n) is 22.9. The number of aromatic amines is 1. The van der Waals surface area contributed by atoms with Crippen LogP contribution in [0.1, 0.15) is 40.3 Å². The van der Waals surface area contributed by atoms with E-state index < -0.39 is 22.0 Å². The predicted molar refractivity (Wildman–Crippen MR) is 156 cm³/mol. The summed E-state index contributed by atoms with van der Waals surface area (Å²) in [7, 11) is -3.60. The van der Waals surface area contributed by atoms with Crippen LogP contribution in [0.4, 0.5) is 16.2 Å². The molecule has 1 unspecified atom stereocenters. The number of anilines is 2. The van der Waals surface area contributed by atoms with E-state index in [1.165, 1.54) is 18.5 Å². The van der Waals surface area contributed by atoms with Gasteiger partial charge in [0.1, 0.15) is 6.04 Å². The second-order valence-corrected chi connectivity index (χ2v) is 12.2. The van der Waals surface area contributed by atoms with Crippen molar-refractivity contribution in [3.8, 4) is 0 Å². The van der Waals surface area contributed by atoms with Gasteiger partial charge in [-0.1, -0.05) is 12.1 Å². The molecule has 6 rings (SSSR count). The standard InChI is InChI=1S/C30H30N4O6S/c1-17-12-20-13-18(2)23(17)10-11-40-30(37)34-21-6-9-27(41(3,38)39)19(14-21)4-8-26(35)28(20)33-22-5-7-25-24(15-22)29(36)32-16-31-25/h5-7,9,12-16,28,33H,4,8,10-11H2,1-3H3,(H,34,37)(H,31,32,36). The maximum atomic E-state index is 13.9. The van der Waals surface area contributed by atoms with E-state index in [2.05, 4.69) is 20.6 Å². The van der Waals surface area contributed by atoms with E-state index in [1.807, 2.05) is 26.0 Å². The molecule has 4 bridgehead atoms. The Balaban J connectivity index is 1.58. The zero-order chi connectivity index (χ0) is 29.3. The Labute approximate surface area is 237 Å². The fraction of sp³-hybridized carbons (Fsp3) is 0.267. The lowest BCUT2D eigenvalue weighted by Crippen LogP contribution is -2.23. The number of Topliss-reactive ketones (excluding diaryl/α,β-unsaturated/α-hetero) is 1. The molecule has 3 aromatic carbocycles. The average molecular weight is 575 g/mol. The van der Waals surface area contributed by atoms with Gasteiger partial charge in [0.2, 0.25) is 0 Å². The van der Waals surface area contributed by atoms with Crippen LogP contribution in [-0.4, -0.2) is 43.1 Å². The highest BCUT2D eigenvalue weighted by Gasteiger charge is 2.24. The number of carbonyl (C=O) groups excluding carboxylic acids is 2. The van der Waals surface area contributed by atoms with Crippen molar-refractivity contribution < 1.29 is 22.7 Å². The summed E-state index contributed by atoms with van der Waals surface area (Å²) in [5.74, 6) is -0.166. The molecule has 3 N–H and O–H groups in total. The number of aromatic nitrogens is 2. The summed E-state index contributed by atoms with van der Waals surface area (Å²) in [5.41, 5.74) is 5.23. The molecule has 2 aliphatic rings. The van der Waals surface area contributed by atoms with Crippen molar-refractivity contribution in [2.24, 2.45) is 0 Å². The van der Waals surface area contributed by atoms with Crippen molar-refractivity contribution in [3.63, 3.8) is 0 Å². The molecule has 0 spiro atoms. The van der Waals surface area contributed by atoms with Crippen LogP contribution in [0, 0.1) is 13.8 Å². The highest BCUT2D eigenvalue weighted by atomic mass is 32.2. The van der Waals surface area contributed by atoms with E-state index in [1.54, 1.807) is 24.3 Å². The van der Waals surface area contributed by atoms with Gasteiger partial charge >= 0.3 is 6.09 Å². The number of rotatable bonds is 3. The number of ketones is 1. The lowest BCUT2D eigenvalue weighted by molar-refractivity contribution is -0.119. The topological polar surface area (TPSA) is 147 Å². The minimum atomic E-state index is -3.60. The third-order valence-corrected chi connectivity index (χ3v) is 8.45. The van der Waals surface area contributed by atoms with Crippen molar-refractivity contribution >= 4 is 44.0 Å². The molecule has 4 aromatic rings. The number of H-pyrrole nitrogens is 1. The van der Waals surface area contributed by atoms with Gasteiger partial charge in [-0.25, -0.2) is 18.2 Å². The minimum Gasteiger partial charge on any atom is -0.449 e. The Morgan fingerprint density at radius 1 is 0.951 bits per heavy atom. The molecule has 0 fully saturated rings. The first kappa shape index (κ1) is 28.0. The maximum Gasteiger partial charge on any atom is 0.411 e. The number of ether oxygens (including phenoxy) is 1. The van der Waals surface area contributed by atoms with Crippen LogP contribution in [0.3, 0.4) is 0 Å². The monoisotopic (exact) mass is 574 g/mol. The van der Waals surface area contributed by atoms with Crippen molar-refractivity contribution in [1.29, 1.82) is 0 Å². The quantitative estimate of drug-likeness (QED) is 0.326. The summed E-state index contributed by atoms with van der Waals surface area (Å²) in [6, 6.07) is 12.7. The molecule has 0 aliphatic carbocycles. The van der Waals surface area contributed by atoms with Gasteiger partial charge in [-0.05, 0) is 84.5 Å². The van der Waals surface area contributed by atoms with Crippen molar-refractivity contribution in [3.05, 3.63) is 93.0 Å². The van der Waals surface area contributed by atoms with Crippen molar-refractivity contribution in [2.75, 3.05) is 23.5 Å². The number of hydrogen-bond acceptors (Lipinski definition) is 8. The number of hydrogen-bond donors (Lipinski definition) is 3.